The summed E-state index contributed by atoms with van der Waals surface area (Å²) in [6, 6.07) is 7.46. The fraction of sp³-hybridized carbons (Fsp3) is 0.273. The largest absolute Gasteiger partial charge is 0.497 e. The summed E-state index contributed by atoms with van der Waals surface area (Å²) in [5.41, 5.74) is 9.61. The Morgan fingerprint density at radius 1 is 1.09 bits per heavy atom. The number of nitrogen functional groups attached to an aromatic ring is 1. The maximum absolute atomic E-state index is 13.5. The highest BCUT2D eigenvalue weighted by Crippen LogP contribution is 2.26. The van der Waals surface area contributed by atoms with Crippen LogP contribution < -0.4 is 20.9 Å². The van der Waals surface area contributed by atoms with Crippen LogP contribution in [-0.4, -0.2) is 38.3 Å². The number of halogens is 1. The molecule has 32 heavy (non-hydrogen) atoms. The summed E-state index contributed by atoms with van der Waals surface area (Å²) >= 11 is 6.42. The molecule has 0 aliphatic heterocycles. The number of hydrogen-bond donors (Lipinski definition) is 1. The monoisotopic (exact) mass is 454 g/mol. The minimum absolute atomic E-state index is 0.0130. The van der Waals surface area contributed by atoms with Crippen LogP contribution in [0.1, 0.15) is 22.4 Å². The number of imidazole rings is 1. The van der Waals surface area contributed by atoms with E-state index in [-0.39, 0.29) is 29.9 Å². The number of aryl methyl sites for hydroxylation is 1. The fourth-order valence-corrected chi connectivity index (χ4v) is 4.08. The Balaban J connectivity index is 1.89. The molecule has 10 heteroatoms. The van der Waals surface area contributed by atoms with Crippen molar-refractivity contribution in [3.05, 3.63) is 68.5 Å². The molecule has 4 rings (SSSR count). The quantitative estimate of drug-likeness (QED) is 0.446. The average Bonchev–Trinajstić information content (AvgIpc) is 3.02. The van der Waals surface area contributed by atoms with Crippen molar-refractivity contribution in [1.82, 2.24) is 24.1 Å². The topological polar surface area (TPSA) is 110 Å². The highest BCUT2D eigenvalue weighted by Gasteiger charge is 2.21. The molecule has 0 aliphatic rings. The number of hydrogen-bond acceptors (Lipinski definition) is 7. The van der Waals surface area contributed by atoms with E-state index in [0.29, 0.717) is 22.6 Å². The fourth-order valence-electron chi connectivity index (χ4n) is 3.81. The number of pyridine rings is 1. The molecule has 0 bridgehead atoms. The molecule has 0 atom stereocenters. The first-order valence-electron chi connectivity index (χ1n) is 9.88. The van der Waals surface area contributed by atoms with Crippen molar-refractivity contribution in [2.24, 2.45) is 0 Å². The summed E-state index contributed by atoms with van der Waals surface area (Å²) in [5, 5.41) is 0.109. The zero-order valence-electron chi connectivity index (χ0n) is 18.2. The molecular formula is C22H23ClN6O3. The lowest BCUT2D eigenvalue weighted by Gasteiger charge is -2.12. The second-order valence-electron chi connectivity index (χ2n) is 7.40. The van der Waals surface area contributed by atoms with Gasteiger partial charge in [-0.05, 0) is 31.5 Å². The summed E-state index contributed by atoms with van der Waals surface area (Å²) in [6.07, 6.45) is 1.72. The molecule has 0 amide bonds. The average molecular weight is 455 g/mol. The number of nitrogens with two attached hydrogens (primary N) is 1. The van der Waals surface area contributed by atoms with Gasteiger partial charge in [0, 0.05) is 17.3 Å². The Labute approximate surface area is 189 Å². The first kappa shape index (κ1) is 21.6. The molecule has 4 aromatic rings. The SMILES string of the molecule is COc1cccc(Cn2c(=O)n(Cc3ncc(C)c(OC)c3C)c3nc(N)nc(Cl)c32)c1. The third-order valence-corrected chi connectivity index (χ3v) is 5.62. The number of benzene rings is 1. The molecule has 9 nitrogen and oxygen atoms in total. The molecule has 3 aromatic heterocycles. The van der Waals surface area contributed by atoms with Crippen molar-refractivity contribution in [2.45, 2.75) is 26.9 Å². The normalized spacial score (nSPS) is 11.2. The second-order valence-corrected chi connectivity index (χ2v) is 7.76. The number of fused-ring (bicyclic) bond motifs is 1. The molecule has 0 saturated heterocycles. The Morgan fingerprint density at radius 3 is 2.59 bits per heavy atom. The molecule has 166 valence electrons. The van der Waals surface area contributed by atoms with Crippen LogP contribution in [0.15, 0.2) is 35.3 Å². The van der Waals surface area contributed by atoms with Crippen LogP contribution in [0.4, 0.5) is 5.95 Å². The van der Waals surface area contributed by atoms with Gasteiger partial charge in [-0.25, -0.2) is 4.79 Å². The number of methoxy groups -OCH3 is 2. The van der Waals surface area contributed by atoms with Gasteiger partial charge < -0.3 is 15.2 Å². The van der Waals surface area contributed by atoms with E-state index in [4.69, 9.17) is 26.8 Å². The molecule has 0 saturated carbocycles. The van der Waals surface area contributed by atoms with Crippen LogP contribution in [0.2, 0.25) is 5.15 Å². The van der Waals surface area contributed by atoms with Gasteiger partial charge >= 0.3 is 5.69 Å². The van der Waals surface area contributed by atoms with Crippen molar-refractivity contribution in [1.29, 1.82) is 0 Å². The van der Waals surface area contributed by atoms with Crippen molar-refractivity contribution in [2.75, 3.05) is 20.0 Å². The van der Waals surface area contributed by atoms with Gasteiger partial charge in [-0.1, -0.05) is 23.7 Å². The van der Waals surface area contributed by atoms with Crippen LogP contribution in [-0.2, 0) is 13.1 Å². The van der Waals surface area contributed by atoms with Crippen molar-refractivity contribution < 1.29 is 9.47 Å². The van der Waals surface area contributed by atoms with Crippen LogP contribution in [0.25, 0.3) is 11.2 Å². The first-order valence-corrected chi connectivity index (χ1v) is 10.3. The van der Waals surface area contributed by atoms with E-state index in [1.165, 1.54) is 9.13 Å². The van der Waals surface area contributed by atoms with Gasteiger partial charge in [-0.15, -0.1) is 0 Å². The third kappa shape index (κ3) is 3.75. The van der Waals surface area contributed by atoms with Gasteiger partial charge in [0.2, 0.25) is 5.95 Å². The van der Waals surface area contributed by atoms with Gasteiger partial charge in [0.15, 0.2) is 10.8 Å². The Hall–Kier alpha value is -3.59. The maximum atomic E-state index is 13.5. The van der Waals surface area contributed by atoms with E-state index in [1.54, 1.807) is 20.4 Å². The number of aromatic nitrogens is 5. The predicted octanol–water partition coefficient (Wildman–Crippen LogP) is 2.95. The second kappa shape index (κ2) is 8.51. The minimum atomic E-state index is -0.301. The number of rotatable bonds is 6. The highest BCUT2D eigenvalue weighted by atomic mass is 35.5. The van der Waals surface area contributed by atoms with Gasteiger partial charge in [-0.2, -0.15) is 9.97 Å². The lowest BCUT2D eigenvalue weighted by molar-refractivity contribution is 0.406. The zero-order valence-corrected chi connectivity index (χ0v) is 19.0. The lowest BCUT2D eigenvalue weighted by atomic mass is 10.1. The van der Waals surface area contributed by atoms with Crippen LogP contribution in [0.3, 0.4) is 0 Å². The van der Waals surface area contributed by atoms with Crippen LogP contribution >= 0.6 is 11.6 Å². The van der Waals surface area contributed by atoms with E-state index < -0.39 is 0 Å². The third-order valence-electron chi connectivity index (χ3n) is 5.36. The van der Waals surface area contributed by atoms with Crippen molar-refractivity contribution >= 4 is 28.7 Å². The Bertz CT molecular complexity index is 1380. The summed E-state index contributed by atoms with van der Waals surface area (Å²) in [4.78, 5) is 26.4. The zero-order chi connectivity index (χ0) is 23.0. The molecule has 2 N–H and O–H groups in total. The van der Waals surface area contributed by atoms with Gasteiger partial charge in [0.25, 0.3) is 0 Å². The van der Waals surface area contributed by atoms with Gasteiger partial charge in [-0.3, -0.25) is 14.1 Å². The Morgan fingerprint density at radius 2 is 1.88 bits per heavy atom. The van der Waals surface area contributed by atoms with Crippen LogP contribution in [0, 0.1) is 13.8 Å². The van der Waals surface area contributed by atoms with E-state index in [2.05, 4.69) is 15.0 Å². The van der Waals surface area contributed by atoms with E-state index in [1.807, 2.05) is 38.1 Å². The summed E-state index contributed by atoms with van der Waals surface area (Å²) < 4.78 is 13.8. The first-order chi connectivity index (χ1) is 15.3. The van der Waals surface area contributed by atoms with E-state index in [9.17, 15) is 4.79 Å². The number of nitrogens with zero attached hydrogens (tertiary/aromatic N) is 5. The van der Waals surface area contributed by atoms with Gasteiger partial charge in [0.05, 0.1) is 33.0 Å². The molecule has 0 aliphatic carbocycles. The lowest BCUT2D eigenvalue weighted by Crippen LogP contribution is -2.26. The maximum Gasteiger partial charge on any atom is 0.331 e. The molecule has 1 aromatic carbocycles. The molecule has 3 heterocycles. The molecule has 0 fully saturated rings. The number of ether oxygens (including phenoxy) is 2. The van der Waals surface area contributed by atoms with Crippen molar-refractivity contribution in [3.63, 3.8) is 0 Å². The molecule has 0 radical (unpaired) electrons. The summed E-state index contributed by atoms with van der Waals surface area (Å²) in [6.45, 7) is 4.26. The van der Waals surface area contributed by atoms with E-state index in [0.717, 1.165) is 22.4 Å². The standard InChI is InChI=1S/C22H23ClN6O3/c1-12-9-25-16(13(2)18(12)32-4)11-29-20-17(19(23)26-21(24)27-20)28(22(29)30)10-14-6-5-7-15(8-14)31-3/h5-9H,10-11H2,1-4H3,(H2,24,26,27). The van der Waals surface area contributed by atoms with Crippen LogP contribution in [0.5, 0.6) is 11.5 Å². The summed E-state index contributed by atoms with van der Waals surface area (Å²) in [5.74, 6) is 1.41. The molecule has 0 spiro atoms. The molecule has 0 unspecified atom stereocenters. The van der Waals surface area contributed by atoms with Crippen molar-refractivity contribution in [3.8, 4) is 11.5 Å². The minimum Gasteiger partial charge on any atom is -0.497 e. The predicted molar refractivity (Wildman–Crippen MR) is 123 cm³/mol. The molecular weight excluding hydrogens is 432 g/mol. The Kier molecular flexibility index (Phi) is 5.75. The summed E-state index contributed by atoms with van der Waals surface area (Å²) in [7, 11) is 3.20. The van der Waals surface area contributed by atoms with E-state index >= 15 is 0 Å². The van der Waals surface area contributed by atoms with Gasteiger partial charge in [0.1, 0.15) is 17.0 Å². The number of anilines is 1. The highest BCUT2D eigenvalue weighted by molar-refractivity contribution is 6.33. The smallest absolute Gasteiger partial charge is 0.331 e.